The van der Waals surface area contributed by atoms with E-state index in [2.05, 4.69) is 17.0 Å². The molecule has 5 heteroatoms. The number of hydrogen-bond donors (Lipinski definition) is 1. The second-order valence-corrected chi connectivity index (χ2v) is 6.83. The van der Waals surface area contributed by atoms with Crippen molar-refractivity contribution in [2.75, 3.05) is 0 Å². The van der Waals surface area contributed by atoms with Gasteiger partial charge in [-0.05, 0) is 47.0 Å². The lowest BCUT2D eigenvalue weighted by Gasteiger charge is -2.07. The minimum Gasteiger partial charge on any atom is -0.348 e. The van der Waals surface area contributed by atoms with Gasteiger partial charge in [0.15, 0.2) is 0 Å². The molecule has 29 heavy (non-hydrogen) atoms. The fraction of sp³-hybridized carbons (Fsp3) is 0.0833. The minimum absolute atomic E-state index is 0.194. The summed E-state index contributed by atoms with van der Waals surface area (Å²) in [5.74, 6) is -0.450. The summed E-state index contributed by atoms with van der Waals surface area (Å²) < 4.78 is 15.4. The van der Waals surface area contributed by atoms with Crippen molar-refractivity contribution in [1.29, 1.82) is 0 Å². The predicted octanol–water partition coefficient (Wildman–Crippen LogP) is 4.85. The Labute approximate surface area is 168 Å². The number of halogens is 1. The van der Waals surface area contributed by atoms with E-state index in [4.69, 9.17) is 0 Å². The first-order chi connectivity index (χ1) is 14.0. The van der Waals surface area contributed by atoms with Crippen LogP contribution in [0, 0.1) is 5.82 Å². The highest BCUT2D eigenvalue weighted by Gasteiger charge is 2.12. The molecule has 0 aliphatic carbocycles. The zero-order valence-corrected chi connectivity index (χ0v) is 16.0. The maximum Gasteiger partial charge on any atom is 0.243 e. The smallest absolute Gasteiger partial charge is 0.243 e. The van der Waals surface area contributed by atoms with Gasteiger partial charge in [-0.3, -0.25) is 9.48 Å². The molecule has 1 N–H and O–H groups in total. The number of carbonyl (C=O) groups is 1. The van der Waals surface area contributed by atoms with Crippen LogP contribution in [0.4, 0.5) is 4.39 Å². The van der Waals surface area contributed by atoms with E-state index in [-0.39, 0.29) is 11.7 Å². The number of benzene rings is 3. The molecule has 4 rings (SSSR count). The van der Waals surface area contributed by atoms with Gasteiger partial charge in [-0.25, -0.2) is 4.39 Å². The number of hydrogen-bond acceptors (Lipinski definition) is 2. The number of aromatic nitrogens is 2. The quantitative estimate of drug-likeness (QED) is 0.499. The molecular weight excluding hydrogens is 365 g/mol. The van der Waals surface area contributed by atoms with E-state index in [1.54, 1.807) is 6.07 Å². The van der Waals surface area contributed by atoms with Gasteiger partial charge in [-0.1, -0.05) is 49.0 Å². The number of fused-ring (bicyclic) bond motifs is 1. The first-order valence-corrected chi connectivity index (χ1v) is 9.27. The highest BCUT2D eigenvalue weighted by atomic mass is 19.1. The second-order valence-electron chi connectivity index (χ2n) is 6.83. The van der Waals surface area contributed by atoms with E-state index in [1.807, 2.05) is 60.3 Å². The topological polar surface area (TPSA) is 46.9 Å². The third-order valence-electron chi connectivity index (χ3n) is 4.87. The molecule has 0 saturated heterocycles. The van der Waals surface area contributed by atoms with E-state index < -0.39 is 0 Å². The summed E-state index contributed by atoms with van der Waals surface area (Å²) in [6.45, 7) is 3.90. The van der Waals surface area contributed by atoms with Crippen LogP contribution in [0.15, 0.2) is 79.4 Å². The fourth-order valence-electron chi connectivity index (χ4n) is 3.43. The average molecular weight is 385 g/mol. The van der Waals surface area contributed by atoms with E-state index in [0.29, 0.717) is 6.54 Å². The lowest BCUT2D eigenvalue weighted by Crippen LogP contribution is -2.19. The van der Waals surface area contributed by atoms with Gasteiger partial charge in [-0.2, -0.15) is 5.10 Å². The van der Waals surface area contributed by atoms with Crippen LogP contribution in [0.1, 0.15) is 5.56 Å². The van der Waals surface area contributed by atoms with Crippen molar-refractivity contribution in [3.63, 3.8) is 0 Å². The van der Waals surface area contributed by atoms with Crippen molar-refractivity contribution in [3.8, 4) is 22.4 Å². The highest BCUT2D eigenvalue weighted by Crippen LogP contribution is 2.31. The molecule has 0 fully saturated rings. The van der Waals surface area contributed by atoms with Crippen molar-refractivity contribution in [2.24, 2.45) is 7.05 Å². The van der Waals surface area contributed by atoms with Gasteiger partial charge in [0.25, 0.3) is 0 Å². The summed E-state index contributed by atoms with van der Waals surface area (Å²) >= 11 is 0. The Kier molecular flexibility index (Phi) is 4.96. The SMILES string of the molecule is C=CC(=O)NCc1ccc(-c2c3ccc(-c4cccc(F)c4)cc3nn2C)cc1. The number of carbonyl (C=O) groups excluding carboxylic acids is 1. The molecule has 0 atom stereocenters. The van der Waals surface area contributed by atoms with E-state index >= 15 is 0 Å². The number of rotatable bonds is 5. The molecular formula is C24H20FN3O. The summed E-state index contributed by atoms with van der Waals surface area (Å²) in [6.07, 6.45) is 1.26. The molecule has 1 heterocycles. The Morgan fingerprint density at radius 3 is 2.52 bits per heavy atom. The van der Waals surface area contributed by atoms with Crippen LogP contribution in [0.3, 0.4) is 0 Å². The highest BCUT2D eigenvalue weighted by molar-refractivity contribution is 5.95. The number of aryl methyl sites for hydroxylation is 1. The average Bonchev–Trinajstić information content (AvgIpc) is 3.07. The lowest BCUT2D eigenvalue weighted by molar-refractivity contribution is -0.116. The number of amides is 1. The molecule has 4 nitrogen and oxygen atoms in total. The van der Waals surface area contributed by atoms with Crippen LogP contribution >= 0.6 is 0 Å². The van der Waals surface area contributed by atoms with Gasteiger partial charge in [0.05, 0.1) is 11.2 Å². The molecule has 0 bridgehead atoms. The van der Waals surface area contributed by atoms with Crippen LogP contribution in [-0.2, 0) is 18.4 Å². The summed E-state index contributed by atoms with van der Waals surface area (Å²) in [4.78, 5) is 11.3. The predicted molar refractivity (Wildman–Crippen MR) is 114 cm³/mol. The second kappa shape index (κ2) is 7.72. The summed E-state index contributed by atoms with van der Waals surface area (Å²) in [7, 11) is 1.91. The van der Waals surface area contributed by atoms with Gasteiger partial charge in [0.2, 0.25) is 5.91 Å². The third-order valence-corrected chi connectivity index (χ3v) is 4.87. The van der Waals surface area contributed by atoms with Crippen LogP contribution in [0.25, 0.3) is 33.3 Å². The molecule has 4 aromatic rings. The molecule has 3 aromatic carbocycles. The molecule has 0 spiro atoms. The molecule has 0 aliphatic rings. The third kappa shape index (κ3) is 3.80. The number of nitrogens with one attached hydrogen (secondary N) is 1. The van der Waals surface area contributed by atoms with Gasteiger partial charge < -0.3 is 5.32 Å². The van der Waals surface area contributed by atoms with Crippen molar-refractivity contribution in [1.82, 2.24) is 15.1 Å². The van der Waals surface area contributed by atoms with E-state index in [9.17, 15) is 9.18 Å². The van der Waals surface area contributed by atoms with Gasteiger partial charge in [-0.15, -0.1) is 0 Å². The van der Waals surface area contributed by atoms with Crippen LogP contribution in [0.5, 0.6) is 0 Å². The first-order valence-electron chi connectivity index (χ1n) is 9.27. The largest absolute Gasteiger partial charge is 0.348 e. The Hall–Kier alpha value is -3.73. The Morgan fingerprint density at radius 2 is 1.79 bits per heavy atom. The van der Waals surface area contributed by atoms with Crippen molar-refractivity contribution in [3.05, 3.63) is 90.8 Å². The van der Waals surface area contributed by atoms with Crippen molar-refractivity contribution in [2.45, 2.75) is 6.54 Å². The van der Waals surface area contributed by atoms with E-state index in [1.165, 1.54) is 18.2 Å². The zero-order valence-electron chi connectivity index (χ0n) is 16.0. The van der Waals surface area contributed by atoms with Gasteiger partial charge in [0, 0.05) is 24.5 Å². The zero-order chi connectivity index (χ0) is 20.4. The normalized spacial score (nSPS) is 10.8. The Morgan fingerprint density at radius 1 is 1.07 bits per heavy atom. The first kappa shape index (κ1) is 18.6. The summed E-state index contributed by atoms with van der Waals surface area (Å²) in [5, 5.41) is 8.44. The monoisotopic (exact) mass is 385 g/mol. The fourth-order valence-corrected chi connectivity index (χ4v) is 3.43. The standard InChI is InChI=1S/C24H20FN3O/c1-3-23(29)26-15-16-7-9-17(10-8-16)24-21-12-11-19(14-22(21)27-28(24)2)18-5-4-6-20(25)13-18/h3-14H,1,15H2,2H3,(H,26,29). The molecule has 0 aliphatic heterocycles. The van der Waals surface area contributed by atoms with Crippen molar-refractivity contribution < 1.29 is 9.18 Å². The van der Waals surface area contributed by atoms with Crippen LogP contribution < -0.4 is 5.32 Å². The molecule has 1 aromatic heterocycles. The summed E-state index contributed by atoms with van der Waals surface area (Å²) in [6, 6.07) is 20.6. The summed E-state index contributed by atoms with van der Waals surface area (Å²) in [5.41, 5.74) is 5.65. The molecule has 144 valence electrons. The molecule has 0 unspecified atom stereocenters. The van der Waals surface area contributed by atoms with E-state index in [0.717, 1.165) is 38.9 Å². The van der Waals surface area contributed by atoms with Crippen LogP contribution in [-0.4, -0.2) is 15.7 Å². The van der Waals surface area contributed by atoms with Gasteiger partial charge in [0.1, 0.15) is 5.82 Å². The maximum atomic E-state index is 13.6. The molecule has 0 radical (unpaired) electrons. The Balaban J connectivity index is 1.66. The van der Waals surface area contributed by atoms with Crippen LogP contribution in [0.2, 0.25) is 0 Å². The molecule has 1 amide bonds. The maximum absolute atomic E-state index is 13.6. The van der Waals surface area contributed by atoms with Gasteiger partial charge >= 0.3 is 0 Å². The lowest BCUT2D eigenvalue weighted by atomic mass is 10.0. The van der Waals surface area contributed by atoms with Crippen molar-refractivity contribution >= 4 is 16.8 Å². The Bertz CT molecular complexity index is 1210. The minimum atomic E-state index is -0.256. The molecule has 0 saturated carbocycles. The number of nitrogens with zero attached hydrogens (tertiary/aromatic N) is 2.